The molecule has 0 radical (unpaired) electrons. The second kappa shape index (κ2) is 4.93. The van der Waals surface area contributed by atoms with Crippen LogP contribution in [-0.2, 0) is 4.79 Å². The van der Waals surface area contributed by atoms with Crippen LogP contribution < -0.4 is 10.5 Å². The van der Waals surface area contributed by atoms with Crippen molar-refractivity contribution < 1.29 is 9.53 Å². The van der Waals surface area contributed by atoms with E-state index in [4.69, 9.17) is 10.5 Å². The lowest BCUT2D eigenvalue weighted by Gasteiger charge is -2.03. The molecule has 0 aliphatic rings. The Morgan fingerprint density at radius 2 is 2.36 bits per heavy atom. The van der Waals surface area contributed by atoms with E-state index < -0.39 is 0 Å². The van der Waals surface area contributed by atoms with E-state index in [0.717, 1.165) is 11.8 Å². The fraction of sp³-hybridized carbons (Fsp3) is 0.182. The predicted octanol–water partition coefficient (Wildman–Crippen LogP) is 1.22. The molecule has 0 saturated carbocycles. The molecule has 14 heavy (non-hydrogen) atoms. The Morgan fingerprint density at radius 3 is 2.93 bits per heavy atom. The first kappa shape index (κ1) is 10.1. The third kappa shape index (κ3) is 2.53. The Kier molecular flexibility index (Phi) is 3.57. The van der Waals surface area contributed by atoms with Crippen LogP contribution in [0, 0.1) is 11.8 Å². The van der Waals surface area contributed by atoms with Crippen molar-refractivity contribution in [3.05, 3.63) is 23.8 Å². The highest BCUT2D eigenvalue weighted by Crippen LogP contribution is 2.21. The van der Waals surface area contributed by atoms with Gasteiger partial charge in [-0.2, -0.15) is 0 Å². The standard InChI is InChI=1S/C11H11NO2/c1-14-11-6-5-9(8-10(11)12)4-2-3-7-13/h5-8H,3,12H2,1H3. The highest BCUT2D eigenvalue weighted by molar-refractivity contribution is 5.59. The molecule has 0 unspecified atom stereocenters. The van der Waals surface area contributed by atoms with Gasteiger partial charge in [0.2, 0.25) is 0 Å². The lowest BCUT2D eigenvalue weighted by molar-refractivity contribution is -0.107. The summed E-state index contributed by atoms with van der Waals surface area (Å²) in [6, 6.07) is 5.27. The third-order valence-corrected chi connectivity index (χ3v) is 1.65. The molecule has 1 aromatic carbocycles. The van der Waals surface area contributed by atoms with Gasteiger partial charge >= 0.3 is 0 Å². The maximum atomic E-state index is 10.0. The zero-order chi connectivity index (χ0) is 10.4. The number of nitrogen functional groups attached to an aromatic ring is 1. The molecule has 3 nitrogen and oxygen atoms in total. The Morgan fingerprint density at radius 1 is 1.57 bits per heavy atom. The second-order valence-electron chi connectivity index (χ2n) is 2.63. The van der Waals surface area contributed by atoms with E-state index in [-0.39, 0.29) is 6.42 Å². The normalized spacial score (nSPS) is 8.64. The lowest BCUT2D eigenvalue weighted by atomic mass is 10.2. The van der Waals surface area contributed by atoms with Gasteiger partial charge in [0.15, 0.2) is 0 Å². The van der Waals surface area contributed by atoms with E-state index in [1.807, 2.05) is 0 Å². The largest absolute Gasteiger partial charge is 0.495 e. The maximum Gasteiger partial charge on any atom is 0.141 e. The van der Waals surface area contributed by atoms with Crippen molar-refractivity contribution in [3.8, 4) is 17.6 Å². The summed E-state index contributed by atoms with van der Waals surface area (Å²) in [6.45, 7) is 0. The van der Waals surface area contributed by atoms with Gasteiger partial charge in [0.1, 0.15) is 12.0 Å². The number of methoxy groups -OCH3 is 1. The van der Waals surface area contributed by atoms with Crippen LogP contribution in [0.2, 0.25) is 0 Å². The summed E-state index contributed by atoms with van der Waals surface area (Å²) in [5.74, 6) is 6.15. The van der Waals surface area contributed by atoms with E-state index in [1.165, 1.54) is 0 Å². The van der Waals surface area contributed by atoms with Crippen LogP contribution in [0.5, 0.6) is 5.75 Å². The molecule has 0 aliphatic heterocycles. The van der Waals surface area contributed by atoms with Gasteiger partial charge in [0.05, 0.1) is 19.2 Å². The molecule has 0 amide bonds. The van der Waals surface area contributed by atoms with Gasteiger partial charge in [-0.05, 0) is 18.2 Å². The van der Waals surface area contributed by atoms with Gasteiger partial charge in [0.25, 0.3) is 0 Å². The van der Waals surface area contributed by atoms with Crippen LogP contribution in [0.15, 0.2) is 18.2 Å². The molecule has 72 valence electrons. The van der Waals surface area contributed by atoms with Crippen molar-refractivity contribution in [1.82, 2.24) is 0 Å². The lowest BCUT2D eigenvalue weighted by Crippen LogP contribution is -1.92. The molecule has 0 bridgehead atoms. The number of benzene rings is 1. The average Bonchev–Trinajstić information content (AvgIpc) is 2.18. The summed E-state index contributed by atoms with van der Waals surface area (Å²) in [5.41, 5.74) is 7.00. The van der Waals surface area contributed by atoms with Gasteiger partial charge in [-0.3, -0.25) is 0 Å². The van der Waals surface area contributed by atoms with E-state index >= 15 is 0 Å². The van der Waals surface area contributed by atoms with Crippen molar-refractivity contribution >= 4 is 12.0 Å². The van der Waals surface area contributed by atoms with E-state index in [2.05, 4.69) is 11.8 Å². The molecule has 1 aromatic rings. The SMILES string of the molecule is COc1ccc(C#CCC=O)cc1N. The Bertz CT molecular complexity index is 388. The molecular weight excluding hydrogens is 178 g/mol. The first-order valence-corrected chi connectivity index (χ1v) is 4.14. The van der Waals surface area contributed by atoms with Gasteiger partial charge < -0.3 is 15.3 Å². The van der Waals surface area contributed by atoms with Crippen molar-refractivity contribution in [2.24, 2.45) is 0 Å². The average molecular weight is 189 g/mol. The third-order valence-electron chi connectivity index (χ3n) is 1.65. The highest BCUT2D eigenvalue weighted by Gasteiger charge is 1.97. The number of ether oxygens (including phenoxy) is 1. The smallest absolute Gasteiger partial charge is 0.141 e. The molecular formula is C11H11NO2. The fourth-order valence-corrected chi connectivity index (χ4v) is 1.01. The molecule has 1 rings (SSSR count). The van der Waals surface area contributed by atoms with Gasteiger partial charge in [-0.15, -0.1) is 0 Å². The number of hydrogen-bond acceptors (Lipinski definition) is 3. The van der Waals surface area contributed by atoms with Gasteiger partial charge in [-0.1, -0.05) is 11.8 Å². The summed E-state index contributed by atoms with van der Waals surface area (Å²) in [7, 11) is 1.56. The molecule has 0 saturated heterocycles. The van der Waals surface area contributed by atoms with Crippen molar-refractivity contribution in [1.29, 1.82) is 0 Å². The minimum Gasteiger partial charge on any atom is -0.495 e. The number of carbonyl (C=O) groups is 1. The summed E-state index contributed by atoms with van der Waals surface area (Å²) in [5, 5.41) is 0. The highest BCUT2D eigenvalue weighted by atomic mass is 16.5. The molecule has 0 spiro atoms. The minimum absolute atomic E-state index is 0.242. The van der Waals surface area contributed by atoms with Crippen molar-refractivity contribution in [2.75, 3.05) is 12.8 Å². The number of hydrogen-bond donors (Lipinski definition) is 1. The van der Waals surface area contributed by atoms with E-state index in [1.54, 1.807) is 25.3 Å². The zero-order valence-electron chi connectivity index (χ0n) is 7.91. The number of anilines is 1. The summed E-state index contributed by atoms with van der Waals surface area (Å²) >= 11 is 0. The Balaban J connectivity index is 2.87. The first-order chi connectivity index (χ1) is 6.77. The zero-order valence-corrected chi connectivity index (χ0v) is 7.91. The second-order valence-corrected chi connectivity index (χ2v) is 2.63. The van der Waals surface area contributed by atoms with Crippen molar-refractivity contribution in [2.45, 2.75) is 6.42 Å². The maximum absolute atomic E-state index is 10.0. The molecule has 0 atom stereocenters. The molecule has 2 N–H and O–H groups in total. The van der Waals surface area contributed by atoms with Crippen LogP contribution in [0.3, 0.4) is 0 Å². The fourth-order valence-electron chi connectivity index (χ4n) is 1.01. The molecule has 0 aromatic heterocycles. The van der Waals surface area contributed by atoms with Crippen LogP contribution in [-0.4, -0.2) is 13.4 Å². The van der Waals surface area contributed by atoms with E-state index in [0.29, 0.717) is 11.4 Å². The minimum atomic E-state index is 0.242. The molecule has 0 heterocycles. The van der Waals surface area contributed by atoms with Crippen LogP contribution in [0.25, 0.3) is 0 Å². The van der Waals surface area contributed by atoms with Crippen LogP contribution >= 0.6 is 0 Å². The monoisotopic (exact) mass is 189 g/mol. The van der Waals surface area contributed by atoms with Crippen molar-refractivity contribution in [3.63, 3.8) is 0 Å². The predicted molar refractivity (Wildman–Crippen MR) is 55.0 cm³/mol. The summed E-state index contributed by atoms with van der Waals surface area (Å²) in [4.78, 5) is 10.0. The summed E-state index contributed by atoms with van der Waals surface area (Å²) < 4.78 is 5.00. The molecule has 0 aliphatic carbocycles. The molecule has 3 heteroatoms. The van der Waals surface area contributed by atoms with E-state index in [9.17, 15) is 4.79 Å². The Labute approximate surface area is 82.9 Å². The number of aldehydes is 1. The topological polar surface area (TPSA) is 52.3 Å². The van der Waals surface area contributed by atoms with Crippen LogP contribution in [0.4, 0.5) is 5.69 Å². The van der Waals surface area contributed by atoms with Crippen LogP contribution in [0.1, 0.15) is 12.0 Å². The number of carbonyl (C=O) groups excluding carboxylic acids is 1. The quantitative estimate of drug-likeness (QED) is 0.432. The molecule has 0 fully saturated rings. The summed E-state index contributed by atoms with van der Waals surface area (Å²) in [6.07, 6.45) is 1.01. The number of nitrogens with two attached hydrogens (primary N) is 1. The Hall–Kier alpha value is -1.95. The van der Waals surface area contributed by atoms with Gasteiger partial charge in [-0.25, -0.2) is 0 Å². The van der Waals surface area contributed by atoms with Gasteiger partial charge in [0, 0.05) is 5.56 Å². The first-order valence-electron chi connectivity index (χ1n) is 4.14. The number of rotatable bonds is 2.